The Hall–Kier alpha value is -1.10. The SMILES string of the molecule is CC(=O)CCl.O=C(O)CCCCC(=O)O. The highest BCUT2D eigenvalue weighted by molar-refractivity contribution is 6.27. The Labute approximate surface area is 93.0 Å². The monoisotopic (exact) mass is 238 g/mol. The van der Waals surface area contributed by atoms with Crippen molar-refractivity contribution in [1.82, 2.24) is 0 Å². The van der Waals surface area contributed by atoms with Crippen LogP contribution in [0.1, 0.15) is 32.6 Å². The summed E-state index contributed by atoms with van der Waals surface area (Å²) in [7, 11) is 0. The Morgan fingerprint density at radius 1 is 1.00 bits per heavy atom. The molecule has 88 valence electrons. The number of rotatable bonds is 6. The molecule has 0 aromatic rings. The first kappa shape index (κ1) is 16.3. The van der Waals surface area contributed by atoms with Crippen molar-refractivity contribution in [1.29, 1.82) is 0 Å². The van der Waals surface area contributed by atoms with E-state index in [1.807, 2.05) is 0 Å². The zero-order valence-corrected chi connectivity index (χ0v) is 9.29. The second kappa shape index (κ2) is 11.0. The van der Waals surface area contributed by atoms with Gasteiger partial charge < -0.3 is 10.2 Å². The number of hydrogen-bond donors (Lipinski definition) is 2. The number of carbonyl (C=O) groups excluding carboxylic acids is 1. The molecule has 0 unspecified atom stereocenters. The van der Waals surface area contributed by atoms with Gasteiger partial charge in [0.15, 0.2) is 0 Å². The van der Waals surface area contributed by atoms with Gasteiger partial charge in [-0.25, -0.2) is 0 Å². The molecule has 15 heavy (non-hydrogen) atoms. The van der Waals surface area contributed by atoms with Crippen LogP contribution in [-0.4, -0.2) is 33.8 Å². The summed E-state index contributed by atoms with van der Waals surface area (Å²) in [6.45, 7) is 1.45. The average Bonchev–Trinajstić information content (AvgIpc) is 2.13. The Balaban J connectivity index is 0. The van der Waals surface area contributed by atoms with E-state index in [1.165, 1.54) is 6.92 Å². The Morgan fingerprint density at radius 2 is 1.27 bits per heavy atom. The lowest BCUT2D eigenvalue weighted by Gasteiger charge is -1.92. The molecule has 0 heterocycles. The minimum absolute atomic E-state index is 0.0201. The van der Waals surface area contributed by atoms with Gasteiger partial charge in [-0.3, -0.25) is 14.4 Å². The van der Waals surface area contributed by atoms with E-state index in [-0.39, 0.29) is 24.5 Å². The van der Waals surface area contributed by atoms with Crippen molar-refractivity contribution >= 4 is 29.3 Å². The first-order chi connectivity index (χ1) is 6.90. The lowest BCUT2D eigenvalue weighted by Crippen LogP contribution is -1.97. The molecule has 0 fully saturated rings. The Bertz CT molecular complexity index is 199. The molecule has 0 amide bonds. The molecule has 0 radical (unpaired) electrons. The fraction of sp³-hybridized carbons (Fsp3) is 0.667. The summed E-state index contributed by atoms with van der Waals surface area (Å²) >= 11 is 4.99. The number of carbonyl (C=O) groups is 3. The van der Waals surface area contributed by atoms with Crippen LogP contribution in [0.5, 0.6) is 0 Å². The van der Waals surface area contributed by atoms with E-state index in [9.17, 15) is 14.4 Å². The highest BCUT2D eigenvalue weighted by Crippen LogP contribution is 1.98. The first-order valence-electron chi connectivity index (χ1n) is 4.39. The summed E-state index contributed by atoms with van der Waals surface area (Å²) in [6.07, 6.45) is 1.02. The van der Waals surface area contributed by atoms with Gasteiger partial charge in [-0.2, -0.15) is 0 Å². The highest BCUT2D eigenvalue weighted by Gasteiger charge is 1.99. The van der Waals surface area contributed by atoms with Gasteiger partial charge in [0.1, 0.15) is 5.78 Å². The van der Waals surface area contributed by atoms with E-state index < -0.39 is 11.9 Å². The van der Waals surface area contributed by atoms with E-state index in [2.05, 4.69) is 0 Å². The van der Waals surface area contributed by atoms with Crippen LogP contribution in [0.2, 0.25) is 0 Å². The lowest BCUT2D eigenvalue weighted by molar-refractivity contribution is -0.139. The van der Waals surface area contributed by atoms with Crippen molar-refractivity contribution in [2.24, 2.45) is 0 Å². The lowest BCUT2D eigenvalue weighted by atomic mass is 10.2. The second-order valence-corrected chi connectivity index (χ2v) is 3.10. The number of alkyl halides is 1. The number of halogens is 1. The molecule has 6 heteroatoms. The van der Waals surface area contributed by atoms with Gasteiger partial charge in [-0.15, -0.1) is 11.6 Å². The van der Waals surface area contributed by atoms with Gasteiger partial charge in [0.2, 0.25) is 0 Å². The summed E-state index contributed by atoms with van der Waals surface area (Å²) in [6, 6.07) is 0. The number of unbranched alkanes of at least 4 members (excludes halogenated alkanes) is 1. The fourth-order valence-electron chi connectivity index (χ4n) is 0.552. The van der Waals surface area contributed by atoms with Gasteiger partial charge >= 0.3 is 11.9 Å². The molecule has 0 aromatic heterocycles. The normalized spacial score (nSPS) is 8.67. The summed E-state index contributed by atoms with van der Waals surface area (Å²) in [5.41, 5.74) is 0. The summed E-state index contributed by atoms with van der Waals surface area (Å²) in [5.74, 6) is -1.58. The van der Waals surface area contributed by atoms with Crippen molar-refractivity contribution in [2.45, 2.75) is 32.6 Å². The molecule has 2 N–H and O–H groups in total. The van der Waals surface area contributed by atoms with Gasteiger partial charge in [-0.1, -0.05) is 0 Å². The quantitative estimate of drug-likeness (QED) is 0.541. The zero-order chi connectivity index (χ0) is 12.3. The molecule has 0 rings (SSSR count). The van der Waals surface area contributed by atoms with Crippen LogP contribution in [0, 0.1) is 0 Å². The molecule has 0 bridgehead atoms. The third-order valence-corrected chi connectivity index (χ3v) is 1.60. The third kappa shape index (κ3) is 24.6. The number of Topliss-reactive ketones (excluding diaryl/α,β-unsaturated/α-hetero) is 1. The van der Waals surface area contributed by atoms with Gasteiger partial charge in [0.05, 0.1) is 5.88 Å². The minimum Gasteiger partial charge on any atom is -0.481 e. The third-order valence-electron chi connectivity index (χ3n) is 1.22. The predicted molar refractivity (Wildman–Crippen MR) is 55.1 cm³/mol. The van der Waals surface area contributed by atoms with Gasteiger partial charge in [-0.05, 0) is 19.8 Å². The van der Waals surface area contributed by atoms with E-state index >= 15 is 0 Å². The predicted octanol–water partition coefficient (Wildman–Crippen LogP) is 1.53. The summed E-state index contributed by atoms with van der Waals surface area (Å²) < 4.78 is 0. The first-order valence-corrected chi connectivity index (χ1v) is 4.92. The number of aliphatic carboxylic acids is 2. The van der Waals surface area contributed by atoms with Crippen molar-refractivity contribution < 1.29 is 24.6 Å². The fourth-order valence-corrected chi connectivity index (χ4v) is 0.552. The van der Waals surface area contributed by atoms with Gasteiger partial charge in [0.25, 0.3) is 0 Å². The van der Waals surface area contributed by atoms with Crippen LogP contribution >= 0.6 is 11.6 Å². The molecule has 0 aromatic carbocycles. The van der Waals surface area contributed by atoms with Crippen LogP contribution in [0.4, 0.5) is 0 Å². The maximum Gasteiger partial charge on any atom is 0.303 e. The van der Waals surface area contributed by atoms with Crippen LogP contribution in [0.15, 0.2) is 0 Å². The van der Waals surface area contributed by atoms with Crippen molar-refractivity contribution in [3.8, 4) is 0 Å². The standard InChI is InChI=1S/C6H10O4.C3H5ClO/c7-5(8)3-1-2-4-6(9)10;1-3(5)2-4/h1-4H2,(H,7,8)(H,9,10);2H2,1H3. The molecular formula is C9H15ClO5. The minimum atomic E-state index is -0.870. The maximum atomic E-state index is 9.90. The van der Waals surface area contributed by atoms with E-state index in [4.69, 9.17) is 21.8 Å². The largest absolute Gasteiger partial charge is 0.481 e. The molecular weight excluding hydrogens is 224 g/mol. The summed E-state index contributed by atoms with van der Waals surface area (Å²) in [5, 5.41) is 16.3. The van der Waals surface area contributed by atoms with Crippen molar-refractivity contribution in [3.05, 3.63) is 0 Å². The summed E-state index contributed by atoms with van der Waals surface area (Å²) in [4.78, 5) is 29.5. The number of hydrogen-bond acceptors (Lipinski definition) is 3. The maximum absolute atomic E-state index is 9.90. The molecule has 0 spiro atoms. The van der Waals surface area contributed by atoms with E-state index in [1.54, 1.807) is 0 Å². The average molecular weight is 239 g/mol. The van der Waals surface area contributed by atoms with E-state index in [0.717, 1.165) is 0 Å². The van der Waals surface area contributed by atoms with Crippen LogP contribution < -0.4 is 0 Å². The number of ketones is 1. The van der Waals surface area contributed by atoms with E-state index in [0.29, 0.717) is 12.8 Å². The Morgan fingerprint density at radius 3 is 1.40 bits per heavy atom. The molecule has 0 aliphatic heterocycles. The smallest absolute Gasteiger partial charge is 0.303 e. The van der Waals surface area contributed by atoms with Crippen LogP contribution in [-0.2, 0) is 14.4 Å². The second-order valence-electron chi connectivity index (χ2n) is 2.83. The molecule has 5 nitrogen and oxygen atoms in total. The highest BCUT2D eigenvalue weighted by atomic mass is 35.5. The molecule has 0 aliphatic carbocycles. The Kier molecular flexibility index (Phi) is 12.0. The molecule has 0 atom stereocenters. The molecule has 0 saturated carbocycles. The van der Waals surface area contributed by atoms with Gasteiger partial charge in [0, 0.05) is 12.8 Å². The number of carboxylic acid groups (broad SMARTS) is 2. The molecule has 0 aliphatic rings. The topological polar surface area (TPSA) is 91.7 Å². The zero-order valence-electron chi connectivity index (χ0n) is 8.53. The van der Waals surface area contributed by atoms with Crippen molar-refractivity contribution in [3.63, 3.8) is 0 Å². The van der Waals surface area contributed by atoms with Crippen LogP contribution in [0.25, 0.3) is 0 Å². The van der Waals surface area contributed by atoms with Crippen molar-refractivity contribution in [2.75, 3.05) is 5.88 Å². The molecule has 0 saturated heterocycles. The number of carboxylic acids is 2. The van der Waals surface area contributed by atoms with Crippen LogP contribution in [0.3, 0.4) is 0 Å².